The minimum atomic E-state index is 0.0377. The van der Waals surface area contributed by atoms with Crippen LogP contribution in [0.25, 0.3) is 0 Å². The number of hydrogen-bond acceptors (Lipinski definition) is 7. The van der Waals surface area contributed by atoms with E-state index in [1.807, 2.05) is 41.3 Å². The van der Waals surface area contributed by atoms with Gasteiger partial charge in [-0.15, -0.1) is 0 Å². The van der Waals surface area contributed by atoms with Crippen molar-refractivity contribution in [3.63, 3.8) is 0 Å². The van der Waals surface area contributed by atoms with E-state index in [0.29, 0.717) is 13.1 Å². The molecule has 4 aromatic carbocycles. The molecule has 0 saturated carbocycles. The number of methoxy groups -OCH3 is 2. The maximum atomic E-state index is 13.9. The van der Waals surface area contributed by atoms with Gasteiger partial charge in [0.1, 0.15) is 17.2 Å². The molecule has 1 amide bonds. The summed E-state index contributed by atoms with van der Waals surface area (Å²) >= 11 is 0. The van der Waals surface area contributed by atoms with Crippen LogP contribution >= 0.6 is 0 Å². The van der Waals surface area contributed by atoms with Gasteiger partial charge in [-0.05, 0) is 79.9 Å². The summed E-state index contributed by atoms with van der Waals surface area (Å²) in [7, 11) is 3.33. The Morgan fingerprint density at radius 2 is 1.50 bits per heavy atom. The molecule has 1 saturated heterocycles. The van der Waals surface area contributed by atoms with E-state index in [1.54, 1.807) is 14.2 Å². The standard InChI is InChI=1S/C38H44N4O4/c1-27(2)46-37-12-6-5-11-33(37)41-21-19-40(20-22-41)26-28-9-7-10-30(23-28)38(43)42-18-17-29-15-16-31(24-34(29)42)39-25-32-35(44-3)13-8-14-36(32)45-4/h5-16,23-24,27,39H,17-22,25-26H2,1-4H3. The van der Waals surface area contributed by atoms with Gasteiger partial charge >= 0.3 is 0 Å². The van der Waals surface area contributed by atoms with E-state index < -0.39 is 0 Å². The van der Waals surface area contributed by atoms with Crippen molar-refractivity contribution in [2.24, 2.45) is 0 Å². The molecule has 4 aromatic rings. The maximum Gasteiger partial charge on any atom is 0.258 e. The normalized spacial score (nSPS) is 14.7. The molecule has 0 spiro atoms. The molecule has 1 N–H and O–H groups in total. The minimum absolute atomic E-state index is 0.0377. The van der Waals surface area contributed by atoms with Crippen LogP contribution in [0.15, 0.2) is 84.9 Å². The van der Waals surface area contributed by atoms with Crippen molar-refractivity contribution in [1.82, 2.24) is 4.90 Å². The van der Waals surface area contributed by atoms with Crippen LogP contribution in [0.5, 0.6) is 17.2 Å². The number of carbonyl (C=O) groups excluding carboxylic acids is 1. The number of amides is 1. The summed E-state index contributed by atoms with van der Waals surface area (Å²) in [5, 5.41) is 3.50. The molecule has 0 bridgehead atoms. The van der Waals surface area contributed by atoms with E-state index in [0.717, 1.165) is 90.1 Å². The predicted octanol–water partition coefficient (Wildman–Crippen LogP) is 6.63. The zero-order valence-corrected chi connectivity index (χ0v) is 27.3. The van der Waals surface area contributed by atoms with E-state index in [-0.39, 0.29) is 12.0 Å². The van der Waals surface area contributed by atoms with Crippen molar-refractivity contribution < 1.29 is 19.0 Å². The van der Waals surface area contributed by atoms with Crippen LogP contribution in [-0.4, -0.2) is 63.9 Å². The number of fused-ring (bicyclic) bond motifs is 1. The molecule has 8 nitrogen and oxygen atoms in total. The number of carbonyl (C=O) groups is 1. The number of hydrogen-bond donors (Lipinski definition) is 1. The third-order valence-corrected chi connectivity index (χ3v) is 8.75. The van der Waals surface area contributed by atoms with Crippen LogP contribution in [0.4, 0.5) is 17.1 Å². The van der Waals surface area contributed by atoms with Gasteiger partial charge in [0.15, 0.2) is 0 Å². The molecule has 46 heavy (non-hydrogen) atoms. The molecule has 2 aliphatic heterocycles. The summed E-state index contributed by atoms with van der Waals surface area (Å²) in [4.78, 5) is 20.7. The molecule has 8 heteroatoms. The largest absolute Gasteiger partial charge is 0.496 e. The number of nitrogens with one attached hydrogen (secondary N) is 1. The van der Waals surface area contributed by atoms with Crippen LogP contribution < -0.4 is 29.3 Å². The van der Waals surface area contributed by atoms with Crippen LogP contribution in [-0.2, 0) is 19.5 Å². The molecule has 6 rings (SSSR count). The first-order chi connectivity index (χ1) is 22.4. The van der Waals surface area contributed by atoms with E-state index in [1.165, 1.54) is 5.56 Å². The molecule has 0 aromatic heterocycles. The summed E-state index contributed by atoms with van der Waals surface area (Å²) in [5.74, 6) is 2.53. The van der Waals surface area contributed by atoms with Crippen molar-refractivity contribution >= 4 is 23.0 Å². The minimum Gasteiger partial charge on any atom is -0.496 e. The monoisotopic (exact) mass is 620 g/mol. The Kier molecular flexibility index (Phi) is 9.64. The summed E-state index contributed by atoms with van der Waals surface area (Å²) < 4.78 is 17.2. The van der Waals surface area contributed by atoms with Gasteiger partial charge < -0.3 is 29.3 Å². The number of para-hydroxylation sites is 2. The Balaban J connectivity index is 1.09. The van der Waals surface area contributed by atoms with Crippen molar-refractivity contribution in [2.75, 3.05) is 62.1 Å². The molecule has 2 aliphatic rings. The van der Waals surface area contributed by atoms with Crippen molar-refractivity contribution in [3.8, 4) is 17.2 Å². The van der Waals surface area contributed by atoms with Crippen LogP contribution in [0.1, 0.15) is 40.9 Å². The van der Waals surface area contributed by atoms with Gasteiger partial charge in [0.25, 0.3) is 5.91 Å². The second-order valence-electron chi connectivity index (χ2n) is 12.1. The van der Waals surface area contributed by atoms with Crippen LogP contribution in [0.2, 0.25) is 0 Å². The lowest BCUT2D eigenvalue weighted by molar-refractivity contribution is 0.0989. The van der Waals surface area contributed by atoms with Crippen molar-refractivity contribution in [2.45, 2.75) is 39.5 Å². The quantitative estimate of drug-likeness (QED) is 0.202. The Morgan fingerprint density at radius 3 is 2.24 bits per heavy atom. The van der Waals surface area contributed by atoms with Gasteiger partial charge in [-0.1, -0.05) is 36.4 Å². The maximum absolute atomic E-state index is 13.9. The zero-order valence-electron chi connectivity index (χ0n) is 27.3. The summed E-state index contributed by atoms with van der Waals surface area (Å²) in [6, 6.07) is 28.5. The number of piperazine rings is 1. The van der Waals surface area contributed by atoms with Crippen molar-refractivity contribution in [1.29, 1.82) is 0 Å². The Hall–Kier alpha value is -4.69. The fourth-order valence-electron chi connectivity index (χ4n) is 6.43. The third-order valence-electron chi connectivity index (χ3n) is 8.75. The number of anilines is 3. The fourth-order valence-corrected chi connectivity index (χ4v) is 6.43. The Labute approximate surface area is 272 Å². The topological polar surface area (TPSA) is 66.5 Å². The lowest BCUT2D eigenvalue weighted by atomic mass is 10.1. The third kappa shape index (κ3) is 6.92. The van der Waals surface area contributed by atoms with E-state index in [9.17, 15) is 4.79 Å². The van der Waals surface area contributed by atoms with E-state index >= 15 is 0 Å². The average Bonchev–Trinajstić information content (AvgIpc) is 3.50. The fraction of sp³-hybridized carbons (Fsp3) is 0.342. The summed E-state index contributed by atoms with van der Waals surface area (Å²) in [6.07, 6.45) is 0.982. The summed E-state index contributed by atoms with van der Waals surface area (Å²) in [6.45, 7) is 9.91. The highest BCUT2D eigenvalue weighted by Gasteiger charge is 2.27. The van der Waals surface area contributed by atoms with Crippen molar-refractivity contribution in [3.05, 3.63) is 107 Å². The van der Waals surface area contributed by atoms with E-state index in [4.69, 9.17) is 14.2 Å². The molecule has 0 atom stereocenters. The lowest BCUT2D eigenvalue weighted by Crippen LogP contribution is -2.46. The molecule has 2 heterocycles. The molecule has 0 aliphatic carbocycles. The molecular weight excluding hydrogens is 576 g/mol. The highest BCUT2D eigenvalue weighted by atomic mass is 16.5. The second kappa shape index (κ2) is 14.2. The number of benzene rings is 4. The van der Waals surface area contributed by atoms with Crippen LogP contribution in [0, 0.1) is 0 Å². The number of rotatable bonds is 11. The zero-order chi connectivity index (χ0) is 32.0. The summed E-state index contributed by atoms with van der Waals surface area (Å²) in [5.41, 5.74) is 7.08. The van der Waals surface area contributed by atoms with Gasteiger partial charge in [-0.3, -0.25) is 9.69 Å². The number of nitrogens with zero attached hydrogens (tertiary/aromatic N) is 3. The number of ether oxygens (including phenoxy) is 3. The highest BCUT2D eigenvalue weighted by Crippen LogP contribution is 2.34. The Bertz CT molecular complexity index is 1640. The molecule has 0 unspecified atom stereocenters. The highest BCUT2D eigenvalue weighted by molar-refractivity contribution is 6.07. The van der Waals surface area contributed by atoms with E-state index in [2.05, 4.69) is 77.5 Å². The first-order valence-corrected chi connectivity index (χ1v) is 16.1. The first-order valence-electron chi connectivity index (χ1n) is 16.1. The SMILES string of the molecule is COc1cccc(OC)c1CNc1ccc2c(c1)N(C(=O)c1cccc(CN3CCN(c4ccccc4OC(C)C)CC3)c1)CC2. The van der Waals surface area contributed by atoms with Gasteiger partial charge in [0, 0.05) is 62.8 Å². The molecule has 0 radical (unpaired) electrons. The van der Waals surface area contributed by atoms with Gasteiger partial charge in [-0.2, -0.15) is 0 Å². The van der Waals surface area contributed by atoms with Gasteiger partial charge in [0.2, 0.25) is 0 Å². The Morgan fingerprint density at radius 1 is 0.783 bits per heavy atom. The van der Waals surface area contributed by atoms with Crippen LogP contribution in [0.3, 0.4) is 0 Å². The molecular formula is C38H44N4O4. The van der Waals surface area contributed by atoms with Gasteiger partial charge in [-0.25, -0.2) is 0 Å². The second-order valence-corrected chi connectivity index (χ2v) is 12.1. The molecule has 1 fully saturated rings. The molecule has 240 valence electrons. The van der Waals surface area contributed by atoms with Gasteiger partial charge in [0.05, 0.1) is 31.6 Å². The first kappa shape index (κ1) is 31.3. The average molecular weight is 621 g/mol. The predicted molar refractivity (Wildman–Crippen MR) is 185 cm³/mol. The smallest absolute Gasteiger partial charge is 0.258 e. The lowest BCUT2D eigenvalue weighted by Gasteiger charge is -2.37.